The molecular formula is C27H28N2. The van der Waals surface area contributed by atoms with E-state index in [0.717, 1.165) is 0 Å². The quantitative estimate of drug-likeness (QED) is 0.278. The average Bonchev–Trinajstić information content (AvgIpc) is 3.27. The molecule has 0 saturated heterocycles. The van der Waals surface area contributed by atoms with Gasteiger partial charge in [-0.1, -0.05) is 77.9 Å². The van der Waals surface area contributed by atoms with Gasteiger partial charge in [-0.05, 0) is 39.5 Å². The molecule has 6 rings (SSSR count). The van der Waals surface area contributed by atoms with Crippen molar-refractivity contribution < 1.29 is 0 Å². The number of hydrogen-bond donors (Lipinski definition) is 2. The summed E-state index contributed by atoms with van der Waals surface area (Å²) in [5, 5.41) is 5.31. The molecule has 0 aliphatic heterocycles. The summed E-state index contributed by atoms with van der Waals surface area (Å²) < 4.78 is 0. The SMILES string of the molecule is CC1(C)c2ccc3[nH]c4c(ccc5c6ccccc6[nH]c54)c3c2C(C)(C)C1(C)C. The minimum absolute atomic E-state index is 0.0792. The summed E-state index contributed by atoms with van der Waals surface area (Å²) in [6.45, 7) is 14.6. The van der Waals surface area contributed by atoms with Gasteiger partial charge >= 0.3 is 0 Å². The first-order valence-corrected chi connectivity index (χ1v) is 10.6. The van der Waals surface area contributed by atoms with Crippen molar-refractivity contribution in [3.8, 4) is 0 Å². The van der Waals surface area contributed by atoms with E-state index in [-0.39, 0.29) is 16.2 Å². The highest BCUT2D eigenvalue weighted by Gasteiger charge is 2.57. The van der Waals surface area contributed by atoms with E-state index in [1.54, 1.807) is 0 Å². The van der Waals surface area contributed by atoms with Crippen LogP contribution in [-0.2, 0) is 10.8 Å². The Labute approximate surface area is 171 Å². The van der Waals surface area contributed by atoms with Crippen molar-refractivity contribution in [1.82, 2.24) is 9.97 Å². The number of aromatic amines is 2. The fraction of sp³-hybridized carbons (Fsp3) is 0.333. The van der Waals surface area contributed by atoms with Gasteiger partial charge in [0.15, 0.2) is 0 Å². The van der Waals surface area contributed by atoms with Gasteiger partial charge in [-0.3, -0.25) is 0 Å². The smallest absolute Gasteiger partial charge is 0.0710 e. The topological polar surface area (TPSA) is 31.6 Å². The van der Waals surface area contributed by atoms with E-state index in [4.69, 9.17) is 0 Å². The first kappa shape index (κ1) is 17.1. The van der Waals surface area contributed by atoms with Crippen LogP contribution >= 0.6 is 0 Å². The molecule has 2 aromatic heterocycles. The largest absolute Gasteiger partial charge is 0.353 e. The normalized spacial score (nSPS) is 19.5. The van der Waals surface area contributed by atoms with E-state index in [1.165, 1.54) is 54.7 Å². The van der Waals surface area contributed by atoms with E-state index in [2.05, 4.69) is 100 Å². The van der Waals surface area contributed by atoms with Gasteiger partial charge in [0.05, 0.1) is 11.0 Å². The van der Waals surface area contributed by atoms with E-state index >= 15 is 0 Å². The molecule has 0 saturated carbocycles. The van der Waals surface area contributed by atoms with Crippen LogP contribution in [-0.4, -0.2) is 9.97 Å². The van der Waals surface area contributed by atoms with Crippen molar-refractivity contribution in [2.24, 2.45) is 5.41 Å². The molecule has 0 atom stereocenters. The van der Waals surface area contributed by atoms with Crippen LogP contribution in [0.3, 0.4) is 0 Å². The maximum Gasteiger partial charge on any atom is 0.0710 e. The Morgan fingerprint density at radius 2 is 1.24 bits per heavy atom. The first-order chi connectivity index (χ1) is 13.7. The Bertz CT molecular complexity index is 1470. The predicted molar refractivity (Wildman–Crippen MR) is 125 cm³/mol. The number of fused-ring (bicyclic) bond motifs is 9. The van der Waals surface area contributed by atoms with E-state index in [9.17, 15) is 0 Å². The summed E-state index contributed by atoms with van der Waals surface area (Å²) in [7, 11) is 0. The second-order valence-corrected chi connectivity index (χ2v) is 10.5. The molecule has 29 heavy (non-hydrogen) atoms. The summed E-state index contributed by atoms with van der Waals surface area (Å²) in [4.78, 5) is 7.44. The second kappa shape index (κ2) is 4.87. The van der Waals surface area contributed by atoms with Crippen LogP contribution in [0.5, 0.6) is 0 Å². The van der Waals surface area contributed by atoms with Crippen LogP contribution in [0.15, 0.2) is 48.5 Å². The molecule has 0 spiro atoms. The molecule has 2 heteroatoms. The number of nitrogens with one attached hydrogen (secondary N) is 2. The lowest BCUT2D eigenvalue weighted by atomic mass is 9.59. The van der Waals surface area contributed by atoms with Gasteiger partial charge in [0.25, 0.3) is 0 Å². The van der Waals surface area contributed by atoms with E-state index in [1.807, 2.05) is 0 Å². The number of rotatable bonds is 0. The van der Waals surface area contributed by atoms with Crippen molar-refractivity contribution in [3.63, 3.8) is 0 Å². The predicted octanol–water partition coefficient (Wildman–Crippen LogP) is 7.55. The van der Waals surface area contributed by atoms with Crippen molar-refractivity contribution in [2.75, 3.05) is 0 Å². The van der Waals surface area contributed by atoms with Gasteiger partial charge in [-0.25, -0.2) is 0 Å². The number of para-hydroxylation sites is 1. The molecule has 0 amide bonds. The fourth-order valence-electron chi connectivity index (χ4n) is 5.98. The molecule has 3 aromatic carbocycles. The van der Waals surface area contributed by atoms with Crippen molar-refractivity contribution in [2.45, 2.75) is 52.4 Å². The fourth-order valence-corrected chi connectivity index (χ4v) is 5.98. The number of benzene rings is 3. The zero-order valence-corrected chi connectivity index (χ0v) is 18.1. The van der Waals surface area contributed by atoms with Gasteiger partial charge in [-0.2, -0.15) is 0 Å². The Morgan fingerprint density at radius 3 is 2.03 bits per heavy atom. The highest BCUT2D eigenvalue weighted by atomic mass is 14.8. The maximum atomic E-state index is 3.77. The van der Waals surface area contributed by atoms with Crippen LogP contribution < -0.4 is 0 Å². The highest BCUT2D eigenvalue weighted by Crippen LogP contribution is 2.63. The Morgan fingerprint density at radius 1 is 0.586 bits per heavy atom. The summed E-state index contributed by atoms with van der Waals surface area (Å²) >= 11 is 0. The summed E-state index contributed by atoms with van der Waals surface area (Å²) in [5.74, 6) is 0. The summed E-state index contributed by atoms with van der Waals surface area (Å²) in [6, 6.07) is 17.9. The summed E-state index contributed by atoms with van der Waals surface area (Å²) in [5.41, 5.74) is 8.25. The molecule has 5 aromatic rings. The zero-order valence-electron chi connectivity index (χ0n) is 18.1. The van der Waals surface area contributed by atoms with Crippen molar-refractivity contribution in [1.29, 1.82) is 0 Å². The lowest BCUT2D eigenvalue weighted by molar-refractivity contribution is 0.125. The highest BCUT2D eigenvalue weighted by molar-refractivity contribution is 6.22. The maximum absolute atomic E-state index is 3.77. The van der Waals surface area contributed by atoms with Crippen LogP contribution in [0.2, 0.25) is 0 Å². The Balaban J connectivity index is 1.82. The lowest BCUT2D eigenvalue weighted by Crippen LogP contribution is -2.42. The monoisotopic (exact) mass is 380 g/mol. The van der Waals surface area contributed by atoms with Gasteiger partial charge in [0, 0.05) is 32.6 Å². The molecule has 0 fully saturated rings. The average molecular weight is 381 g/mol. The van der Waals surface area contributed by atoms with E-state index < -0.39 is 0 Å². The molecule has 0 bridgehead atoms. The molecule has 1 aliphatic carbocycles. The van der Waals surface area contributed by atoms with Crippen molar-refractivity contribution in [3.05, 3.63) is 59.7 Å². The third-order valence-corrected chi connectivity index (χ3v) is 8.84. The van der Waals surface area contributed by atoms with Crippen LogP contribution in [0, 0.1) is 5.41 Å². The van der Waals surface area contributed by atoms with Crippen LogP contribution in [0.25, 0.3) is 43.6 Å². The molecule has 0 unspecified atom stereocenters. The van der Waals surface area contributed by atoms with Gasteiger partial charge in [0.2, 0.25) is 0 Å². The molecule has 146 valence electrons. The standard InChI is InChI=1S/C27H28N2/c1-25(2)18-13-14-20-21(22(18)26(3,4)27(25,5)6)17-12-11-16-15-9-7-8-10-19(15)28-23(16)24(17)29-20/h7-14,28-29H,1-6H3. The first-order valence-electron chi connectivity index (χ1n) is 10.6. The molecule has 2 N–H and O–H groups in total. The molecule has 1 aliphatic rings. The Kier molecular flexibility index (Phi) is 2.88. The van der Waals surface area contributed by atoms with E-state index in [0.29, 0.717) is 0 Å². The number of H-pyrrole nitrogens is 2. The zero-order chi connectivity index (χ0) is 20.3. The Hall–Kier alpha value is -2.74. The van der Waals surface area contributed by atoms with Gasteiger partial charge in [-0.15, -0.1) is 0 Å². The molecule has 0 radical (unpaired) electrons. The third-order valence-electron chi connectivity index (χ3n) is 8.84. The van der Waals surface area contributed by atoms with Gasteiger partial charge in [0.1, 0.15) is 0 Å². The lowest BCUT2D eigenvalue weighted by Gasteiger charge is -2.44. The van der Waals surface area contributed by atoms with Crippen LogP contribution in [0.4, 0.5) is 0 Å². The number of hydrogen-bond acceptors (Lipinski definition) is 0. The molecule has 2 heterocycles. The van der Waals surface area contributed by atoms with Crippen LogP contribution in [0.1, 0.15) is 52.7 Å². The molecule has 2 nitrogen and oxygen atoms in total. The summed E-state index contributed by atoms with van der Waals surface area (Å²) in [6.07, 6.45) is 0. The third kappa shape index (κ3) is 1.75. The minimum Gasteiger partial charge on any atom is -0.353 e. The number of aromatic nitrogens is 2. The second-order valence-electron chi connectivity index (χ2n) is 10.5. The molecular weight excluding hydrogens is 352 g/mol. The minimum atomic E-state index is 0.0792. The van der Waals surface area contributed by atoms with Crippen molar-refractivity contribution >= 4 is 43.6 Å². The van der Waals surface area contributed by atoms with Gasteiger partial charge < -0.3 is 9.97 Å².